The van der Waals surface area contributed by atoms with Gasteiger partial charge >= 0.3 is 0 Å². The van der Waals surface area contributed by atoms with Gasteiger partial charge in [-0.1, -0.05) is 30.0 Å². The van der Waals surface area contributed by atoms with Crippen LogP contribution in [0.15, 0.2) is 66.6 Å². The molecule has 13 heteroatoms. The van der Waals surface area contributed by atoms with E-state index >= 15 is 0 Å². The number of nitro benzene ring substituents is 1. The van der Waals surface area contributed by atoms with Crippen molar-refractivity contribution in [2.45, 2.75) is 29.6 Å². The number of non-ortho nitro benzene ring substituents is 1. The average molecular weight is 473 g/mol. The first kappa shape index (κ1) is 22.5. The van der Waals surface area contributed by atoms with Crippen molar-refractivity contribution in [3.05, 3.63) is 94.3 Å². The second-order valence-electron chi connectivity index (χ2n) is 7.19. The number of benzene rings is 2. The zero-order valence-corrected chi connectivity index (χ0v) is 17.8. The fraction of sp³-hybridized carbons (Fsp3) is 0.200. The highest BCUT2D eigenvalue weighted by Crippen LogP contribution is 2.29. The van der Waals surface area contributed by atoms with Crippen molar-refractivity contribution in [2.75, 3.05) is 0 Å². The molecule has 0 saturated heterocycles. The van der Waals surface area contributed by atoms with Gasteiger partial charge in [-0.15, -0.1) is 5.10 Å². The summed E-state index contributed by atoms with van der Waals surface area (Å²) in [7, 11) is 0. The molecule has 0 aliphatic heterocycles. The summed E-state index contributed by atoms with van der Waals surface area (Å²) < 4.78 is 30.6. The Hall–Kier alpha value is -3.71. The highest BCUT2D eigenvalue weighted by molar-refractivity contribution is 7.98. The summed E-state index contributed by atoms with van der Waals surface area (Å²) in [5, 5.41) is 30.8. The first-order valence-electron chi connectivity index (χ1n) is 9.58. The van der Waals surface area contributed by atoms with Crippen molar-refractivity contribution in [1.29, 1.82) is 0 Å². The summed E-state index contributed by atoms with van der Waals surface area (Å²) in [6, 6.07) is 9.09. The zero-order chi connectivity index (χ0) is 23.4. The minimum absolute atomic E-state index is 0.00541. The number of hydrogen-bond acceptors (Lipinski definition) is 8. The van der Waals surface area contributed by atoms with Crippen LogP contribution in [-0.2, 0) is 24.4 Å². The van der Waals surface area contributed by atoms with Crippen molar-refractivity contribution in [3.63, 3.8) is 0 Å². The summed E-state index contributed by atoms with van der Waals surface area (Å²) in [5.74, 6) is -1.19. The van der Waals surface area contributed by atoms with E-state index in [1.807, 2.05) is 0 Å². The number of halogens is 2. The number of aromatic nitrogens is 6. The predicted molar refractivity (Wildman–Crippen MR) is 113 cm³/mol. The van der Waals surface area contributed by atoms with E-state index in [1.54, 1.807) is 12.1 Å². The molecule has 10 nitrogen and oxygen atoms in total. The number of hydrogen-bond donors (Lipinski definition) is 1. The lowest BCUT2D eigenvalue weighted by Gasteiger charge is -2.28. The Kier molecular flexibility index (Phi) is 6.42. The number of rotatable bonds is 9. The molecule has 4 aromatic rings. The molecule has 0 amide bonds. The van der Waals surface area contributed by atoms with Crippen LogP contribution in [0.2, 0.25) is 0 Å². The number of aliphatic hydroxyl groups is 1. The summed E-state index contributed by atoms with van der Waals surface area (Å²) in [6.07, 6.45) is 4.05. The molecule has 2 heterocycles. The quantitative estimate of drug-likeness (QED) is 0.224. The van der Waals surface area contributed by atoms with E-state index < -0.39 is 22.2 Å². The normalized spacial score (nSPS) is 13.1. The summed E-state index contributed by atoms with van der Waals surface area (Å²) in [5.41, 5.74) is -1.08. The molecule has 0 saturated carbocycles. The van der Waals surface area contributed by atoms with Gasteiger partial charge in [0.1, 0.15) is 36.2 Å². The Bertz CT molecular complexity index is 1250. The van der Waals surface area contributed by atoms with E-state index in [1.165, 1.54) is 58.3 Å². The maximum Gasteiger partial charge on any atom is 0.269 e. The van der Waals surface area contributed by atoms with Gasteiger partial charge in [-0.25, -0.2) is 28.1 Å². The first-order valence-corrected chi connectivity index (χ1v) is 10.6. The monoisotopic (exact) mass is 473 g/mol. The topological polar surface area (TPSA) is 125 Å². The van der Waals surface area contributed by atoms with E-state index in [-0.39, 0.29) is 24.3 Å². The first-order chi connectivity index (χ1) is 15.8. The van der Waals surface area contributed by atoms with E-state index in [2.05, 4.69) is 20.2 Å². The van der Waals surface area contributed by atoms with E-state index in [0.29, 0.717) is 17.0 Å². The predicted octanol–water partition coefficient (Wildman–Crippen LogP) is 2.94. The Labute approximate surface area is 190 Å². The van der Waals surface area contributed by atoms with Crippen molar-refractivity contribution < 1.29 is 18.8 Å². The van der Waals surface area contributed by atoms with E-state index in [4.69, 9.17) is 0 Å². The van der Waals surface area contributed by atoms with Crippen LogP contribution in [0.25, 0.3) is 0 Å². The lowest BCUT2D eigenvalue weighted by atomic mass is 9.93. The standard InChI is InChI=1S/C20H17F2N7O3S/c21-15-3-6-17(18(22)7-15)20(30,9-27-12-23-11-25-27)10-28-13-24-19(26-28)33-8-14-1-4-16(5-2-14)29(31)32/h1-7,11-13,30H,8-10H2. The number of thioether (sulfide) groups is 1. The molecule has 2 aromatic heterocycles. The molecule has 2 aromatic carbocycles. The van der Waals surface area contributed by atoms with Crippen LogP contribution >= 0.6 is 11.8 Å². The van der Waals surface area contributed by atoms with Crippen molar-refractivity contribution in [2.24, 2.45) is 0 Å². The van der Waals surface area contributed by atoms with Gasteiger partial charge < -0.3 is 5.11 Å². The van der Waals surface area contributed by atoms with E-state index in [9.17, 15) is 24.0 Å². The SMILES string of the molecule is O=[N+]([O-])c1ccc(CSc2ncn(CC(O)(Cn3cncn3)c3ccc(F)cc3F)n2)cc1. The second kappa shape index (κ2) is 9.42. The lowest BCUT2D eigenvalue weighted by molar-refractivity contribution is -0.384. The van der Waals surface area contributed by atoms with E-state index in [0.717, 1.165) is 11.6 Å². The molecule has 0 spiro atoms. The smallest absolute Gasteiger partial charge is 0.269 e. The van der Waals surface area contributed by atoms with Crippen molar-refractivity contribution in [1.82, 2.24) is 29.5 Å². The molecule has 0 bridgehead atoms. The Morgan fingerprint density at radius 1 is 1.09 bits per heavy atom. The minimum Gasteiger partial charge on any atom is -0.381 e. The molecule has 33 heavy (non-hydrogen) atoms. The van der Waals surface area contributed by atoms with Crippen molar-refractivity contribution in [3.8, 4) is 0 Å². The molecule has 0 fully saturated rings. The highest BCUT2D eigenvalue weighted by Gasteiger charge is 2.34. The molecule has 170 valence electrons. The van der Waals surface area contributed by atoms with Gasteiger partial charge in [-0.2, -0.15) is 5.10 Å². The third kappa shape index (κ3) is 5.38. The van der Waals surface area contributed by atoms with Crippen LogP contribution in [0.1, 0.15) is 11.1 Å². The van der Waals surface area contributed by atoms with Gasteiger partial charge in [0.2, 0.25) is 5.16 Å². The summed E-state index contributed by atoms with van der Waals surface area (Å²) in [4.78, 5) is 18.3. The molecule has 0 aliphatic carbocycles. The van der Waals surface area contributed by atoms with Crippen LogP contribution in [0.3, 0.4) is 0 Å². The minimum atomic E-state index is -1.82. The van der Waals surface area contributed by atoms with Gasteiger partial charge in [0, 0.05) is 29.5 Å². The fourth-order valence-corrected chi connectivity index (χ4v) is 3.99. The van der Waals surface area contributed by atoms with Gasteiger partial charge in [0.05, 0.1) is 18.0 Å². The third-order valence-corrected chi connectivity index (χ3v) is 5.70. The largest absolute Gasteiger partial charge is 0.381 e. The Balaban J connectivity index is 1.50. The summed E-state index contributed by atoms with van der Waals surface area (Å²) >= 11 is 1.30. The van der Waals surface area contributed by atoms with Crippen LogP contribution in [0.5, 0.6) is 0 Å². The lowest BCUT2D eigenvalue weighted by Crippen LogP contribution is -2.37. The molecule has 1 atom stereocenters. The Morgan fingerprint density at radius 2 is 1.85 bits per heavy atom. The molecule has 1 unspecified atom stereocenters. The van der Waals surface area contributed by atoms with Gasteiger partial charge in [-0.05, 0) is 11.6 Å². The molecular formula is C20H17F2N7O3S. The van der Waals surface area contributed by atoms with Gasteiger partial charge in [0.25, 0.3) is 5.69 Å². The maximum absolute atomic E-state index is 14.5. The average Bonchev–Trinajstić information content (AvgIpc) is 3.44. The van der Waals surface area contributed by atoms with Crippen LogP contribution in [-0.4, -0.2) is 39.6 Å². The third-order valence-electron chi connectivity index (χ3n) is 4.78. The molecular weight excluding hydrogens is 456 g/mol. The van der Waals surface area contributed by atoms with Gasteiger partial charge in [-0.3, -0.25) is 10.1 Å². The number of nitrogens with zero attached hydrogens (tertiary/aromatic N) is 7. The zero-order valence-electron chi connectivity index (χ0n) is 17.0. The van der Waals surface area contributed by atoms with Crippen LogP contribution < -0.4 is 0 Å². The summed E-state index contributed by atoms with van der Waals surface area (Å²) in [6.45, 7) is -0.332. The van der Waals surface area contributed by atoms with Crippen LogP contribution in [0, 0.1) is 21.7 Å². The van der Waals surface area contributed by atoms with Crippen LogP contribution in [0.4, 0.5) is 14.5 Å². The maximum atomic E-state index is 14.5. The van der Waals surface area contributed by atoms with Crippen molar-refractivity contribution >= 4 is 17.4 Å². The molecule has 0 aliphatic rings. The second-order valence-corrected chi connectivity index (χ2v) is 8.13. The fourth-order valence-electron chi connectivity index (χ4n) is 3.22. The molecule has 1 N–H and O–H groups in total. The highest BCUT2D eigenvalue weighted by atomic mass is 32.2. The Morgan fingerprint density at radius 3 is 2.52 bits per heavy atom. The molecule has 0 radical (unpaired) electrons. The molecule has 4 rings (SSSR count). The number of nitro groups is 1. The van der Waals surface area contributed by atoms with Gasteiger partial charge in [0.15, 0.2) is 0 Å².